The van der Waals surface area contributed by atoms with Crippen LogP contribution in [-0.4, -0.2) is 17.4 Å². The standard InChI is InChI=1S/C22H28O3/c1-20-9-5-15(23)13-14(20)3-4-16-17(20)6-10-21(2)18(16)7-11-22(21)12-8-19(24)25-22/h8,12-13,16-18H,3-7,9-11H2,1-2H3/t16?,17?,18?,20-,21-,22+/m0/s1. The molecule has 0 aromatic rings. The maximum absolute atomic E-state index is 11.9. The van der Waals surface area contributed by atoms with Gasteiger partial charge in [0, 0.05) is 17.9 Å². The van der Waals surface area contributed by atoms with E-state index in [2.05, 4.69) is 19.9 Å². The quantitative estimate of drug-likeness (QED) is 0.615. The highest BCUT2D eigenvalue weighted by Crippen LogP contribution is 2.68. The number of hydrogen-bond donors (Lipinski definition) is 0. The molecule has 5 aliphatic rings. The van der Waals surface area contributed by atoms with Crippen LogP contribution >= 0.6 is 0 Å². The number of esters is 1. The van der Waals surface area contributed by atoms with E-state index >= 15 is 0 Å². The molecule has 3 fully saturated rings. The Hall–Kier alpha value is -1.38. The molecule has 1 spiro atoms. The van der Waals surface area contributed by atoms with Gasteiger partial charge < -0.3 is 4.74 Å². The molecule has 3 nitrogen and oxygen atoms in total. The zero-order valence-electron chi connectivity index (χ0n) is 15.3. The zero-order valence-corrected chi connectivity index (χ0v) is 15.3. The van der Waals surface area contributed by atoms with E-state index in [1.165, 1.54) is 24.8 Å². The number of ether oxygens (including phenoxy) is 1. The second-order valence-electron chi connectivity index (χ2n) is 9.61. The summed E-state index contributed by atoms with van der Waals surface area (Å²) in [7, 11) is 0. The van der Waals surface area contributed by atoms with Gasteiger partial charge in [-0.25, -0.2) is 4.79 Å². The molecule has 0 bridgehead atoms. The van der Waals surface area contributed by atoms with Gasteiger partial charge in [0.05, 0.1) is 0 Å². The first kappa shape index (κ1) is 15.8. The van der Waals surface area contributed by atoms with Gasteiger partial charge in [0.2, 0.25) is 0 Å². The predicted octanol–water partition coefficient (Wildman–Crippen LogP) is 4.37. The number of hydrogen-bond acceptors (Lipinski definition) is 3. The lowest BCUT2D eigenvalue weighted by Gasteiger charge is -2.58. The second kappa shape index (κ2) is 4.86. The number of carbonyl (C=O) groups is 2. The molecule has 0 aromatic heterocycles. The van der Waals surface area contributed by atoms with Crippen LogP contribution in [0.15, 0.2) is 23.8 Å². The first-order valence-electron chi connectivity index (χ1n) is 10.0. The summed E-state index contributed by atoms with van der Waals surface area (Å²) in [5.41, 5.74) is 1.38. The molecule has 3 unspecified atom stereocenters. The summed E-state index contributed by atoms with van der Waals surface area (Å²) in [5, 5.41) is 0. The van der Waals surface area contributed by atoms with Crippen molar-refractivity contribution in [3.05, 3.63) is 23.8 Å². The van der Waals surface area contributed by atoms with Crippen molar-refractivity contribution >= 4 is 11.8 Å². The SMILES string of the molecule is C[C@]12CCC(=O)C=C1CCC1C2CC[C@@]2(C)C1CC[C@@]21C=CC(=O)O1. The minimum atomic E-state index is -0.348. The third kappa shape index (κ3) is 1.88. The van der Waals surface area contributed by atoms with E-state index in [0.717, 1.165) is 32.1 Å². The molecule has 3 heteroatoms. The van der Waals surface area contributed by atoms with Gasteiger partial charge in [-0.3, -0.25) is 4.79 Å². The summed E-state index contributed by atoms with van der Waals surface area (Å²) in [5.74, 6) is 2.21. The fraction of sp³-hybridized carbons (Fsp3) is 0.727. The van der Waals surface area contributed by atoms with Crippen LogP contribution in [0.3, 0.4) is 0 Å². The van der Waals surface area contributed by atoms with Gasteiger partial charge in [-0.15, -0.1) is 0 Å². The Labute approximate surface area is 149 Å². The van der Waals surface area contributed by atoms with E-state index in [1.54, 1.807) is 6.08 Å². The van der Waals surface area contributed by atoms with Crippen LogP contribution < -0.4 is 0 Å². The maximum Gasteiger partial charge on any atom is 0.331 e. The maximum atomic E-state index is 11.9. The summed E-state index contributed by atoms with van der Waals surface area (Å²) in [4.78, 5) is 23.7. The molecule has 0 radical (unpaired) electrons. The van der Waals surface area contributed by atoms with E-state index < -0.39 is 0 Å². The fourth-order valence-electron chi connectivity index (χ4n) is 7.48. The van der Waals surface area contributed by atoms with Crippen molar-refractivity contribution in [2.45, 2.75) is 70.8 Å². The summed E-state index contributed by atoms with van der Waals surface area (Å²) in [6.07, 6.45) is 14.2. The first-order valence-corrected chi connectivity index (χ1v) is 10.0. The molecule has 4 aliphatic carbocycles. The topological polar surface area (TPSA) is 43.4 Å². The van der Waals surface area contributed by atoms with Gasteiger partial charge in [0.1, 0.15) is 5.60 Å². The van der Waals surface area contributed by atoms with E-state index in [0.29, 0.717) is 23.5 Å². The number of ketones is 1. The van der Waals surface area contributed by atoms with Crippen molar-refractivity contribution in [1.29, 1.82) is 0 Å². The summed E-state index contributed by atoms with van der Waals surface area (Å²) in [6, 6.07) is 0. The Morgan fingerprint density at radius 1 is 1.00 bits per heavy atom. The van der Waals surface area contributed by atoms with Gasteiger partial charge in [0.25, 0.3) is 0 Å². The lowest BCUT2D eigenvalue weighted by Crippen LogP contribution is -2.54. The van der Waals surface area contributed by atoms with Crippen molar-refractivity contribution in [2.75, 3.05) is 0 Å². The predicted molar refractivity (Wildman–Crippen MR) is 94.7 cm³/mol. The van der Waals surface area contributed by atoms with Crippen LogP contribution in [0.1, 0.15) is 65.2 Å². The van der Waals surface area contributed by atoms with Crippen molar-refractivity contribution in [1.82, 2.24) is 0 Å². The largest absolute Gasteiger partial charge is 0.451 e. The lowest BCUT2D eigenvalue weighted by molar-refractivity contribution is -0.162. The average molecular weight is 340 g/mol. The average Bonchev–Trinajstić information content (AvgIpc) is 3.10. The Morgan fingerprint density at radius 2 is 1.80 bits per heavy atom. The van der Waals surface area contributed by atoms with Crippen molar-refractivity contribution in [3.8, 4) is 0 Å². The highest BCUT2D eigenvalue weighted by molar-refractivity contribution is 5.91. The van der Waals surface area contributed by atoms with Crippen LogP contribution in [0.25, 0.3) is 0 Å². The Morgan fingerprint density at radius 3 is 2.56 bits per heavy atom. The molecule has 0 saturated heterocycles. The summed E-state index contributed by atoms with van der Waals surface area (Å²) < 4.78 is 5.90. The highest BCUT2D eigenvalue weighted by atomic mass is 16.6. The summed E-state index contributed by atoms with van der Waals surface area (Å²) in [6.45, 7) is 4.80. The van der Waals surface area contributed by atoms with Crippen LogP contribution in [0.2, 0.25) is 0 Å². The van der Waals surface area contributed by atoms with Gasteiger partial charge >= 0.3 is 5.97 Å². The van der Waals surface area contributed by atoms with Gasteiger partial charge in [0.15, 0.2) is 5.78 Å². The normalized spacial score (nSPS) is 51.0. The molecule has 3 saturated carbocycles. The Kier molecular flexibility index (Phi) is 3.08. The molecule has 1 aliphatic heterocycles. The number of carbonyl (C=O) groups excluding carboxylic acids is 2. The molecule has 134 valence electrons. The van der Waals surface area contributed by atoms with E-state index in [9.17, 15) is 9.59 Å². The fourth-order valence-corrected chi connectivity index (χ4v) is 7.48. The van der Waals surface area contributed by atoms with Crippen molar-refractivity contribution < 1.29 is 14.3 Å². The lowest BCUT2D eigenvalue weighted by atomic mass is 9.46. The molecule has 5 rings (SSSR count). The van der Waals surface area contributed by atoms with Gasteiger partial charge in [-0.05, 0) is 80.3 Å². The molecular formula is C22H28O3. The molecule has 0 N–H and O–H groups in total. The van der Waals surface area contributed by atoms with Crippen molar-refractivity contribution in [3.63, 3.8) is 0 Å². The molecule has 0 amide bonds. The molecule has 25 heavy (non-hydrogen) atoms. The van der Waals surface area contributed by atoms with Crippen LogP contribution in [-0.2, 0) is 14.3 Å². The number of rotatable bonds is 0. The van der Waals surface area contributed by atoms with Crippen LogP contribution in [0.4, 0.5) is 0 Å². The Bertz CT molecular complexity index is 719. The first-order chi connectivity index (χ1) is 11.9. The minimum Gasteiger partial charge on any atom is -0.451 e. The van der Waals surface area contributed by atoms with E-state index in [1.807, 2.05) is 6.08 Å². The third-order valence-electron chi connectivity index (χ3n) is 8.92. The zero-order chi connectivity index (χ0) is 17.4. The smallest absolute Gasteiger partial charge is 0.331 e. The van der Waals surface area contributed by atoms with Crippen LogP contribution in [0.5, 0.6) is 0 Å². The molecular weight excluding hydrogens is 312 g/mol. The van der Waals surface area contributed by atoms with Gasteiger partial charge in [-0.2, -0.15) is 0 Å². The number of allylic oxidation sites excluding steroid dienone is 1. The minimum absolute atomic E-state index is 0.0822. The molecule has 6 atom stereocenters. The third-order valence-corrected chi connectivity index (χ3v) is 8.92. The second-order valence-corrected chi connectivity index (χ2v) is 9.61. The summed E-state index contributed by atoms with van der Waals surface area (Å²) >= 11 is 0. The van der Waals surface area contributed by atoms with Crippen LogP contribution in [0, 0.1) is 28.6 Å². The molecule has 1 heterocycles. The van der Waals surface area contributed by atoms with Gasteiger partial charge in [-0.1, -0.05) is 19.4 Å². The van der Waals surface area contributed by atoms with Crippen molar-refractivity contribution in [2.24, 2.45) is 28.6 Å². The molecule has 0 aromatic carbocycles. The van der Waals surface area contributed by atoms with E-state index in [-0.39, 0.29) is 22.4 Å². The van der Waals surface area contributed by atoms with E-state index in [4.69, 9.17) is 4.74 Å². The Balaban J connectivity index is 1.50. The number of fused-ring (bicyclic) bond motifs is 6. The highest BCUT2D eigenvalue weighted by Gasteiger charge is 2.66. The monoisotopic (exact) mass is 340 g/mol.